The number of likely N-dealkylation sites (N-methyl/N-ethyl adjacent to an activating group) is 1. The number of rotatable bonds is 10. The molecule has 0 spiro atoms. The highest BCUT2D eigenvalue weighted by atomic mass is 32.2. The van der Waals surface area contributed by atoms with Gasteiger partial charge in [-0.2, -0.15) is 0 Å². The highest BCUT2D eigenvalue weighted by Crippen LogP contribution is 2.28. The maximum atomic E-state index is 12.7. The van der Waals surface area contributed by atoms with Gasteiger partial charge in [0.2, 0.25) is 5.91 Å². The molecule has 0 fully saturated rings. The van der Waals surface area contributed by atoms with Gasteiger partial charge in [-0.25, -0.2) is 4.98 Å². The van der Waals surface area contributed by atoms with Crippen LogP contribution in [-0.2, 0) is 17.8 Å². The van der Waals surface area contributed by atoms with E-state index in [1.165, 1.54) is 11.8 Å². The van der Waals surface area contributed by atoms with E-state index in [2.05, 4.69) is 24.5 Å². The highest BCUT2D eigenvalue weighted by molar-refractivity contribution is 7.99. The molecular weight excluding hydrogens is 410 g/mol. The molecule has 7 heteroatoms. The van der Waals surface area contributed by atoms with Crippen molar-refractivity contribution in [3.8, 4) is 11.5 Å². The van der Waals surface area contributed by atoms with Crippen molar-refractivity contribution >= 4 is 28.7 Å². The Morgan fingerprint density at radius 1 is 1.13 bits per heavy atom. The summed E-state index contributed by atoms with van der Waals surface area (Å²) >= 11 is 1.51. The molecule has 166 valence electrons. The van der Waals surface area contributed by atoms with E-state index >= 15 is 0 Å². The maximum Gasteiger partial charge on any atom is 0.232 e. The van der Waals surface area contributed by atoms with Crippen LogP contribution in [0.4, 0.5) is 0 Å². The van der Waals surface area contributed by atoms with Gasteiger partial charge in [0.05, 0.1) is 31.0 Å². The zero-order valence-electron chi connectivity index (χ0n) is 18.9. The lowest BCUT2D eigenvalue weighted by Gasteiger charge is -2.18. The third kappa shape index (κ3) is 5.73. The number of ether oxygens (including phenoxy) is 2. The predicted octanol–water partition coefficient (Wildman–Crippen LogP) is 4.50. The molecule has 1 heterocycles. The summed E-state index contributed by atoms with van der Waals surface area (Å²) in [5, 5.41) is 0.900. The molecule has 0 saturated heterocycles. The standard InChI is InChI=1S/C24H31N3O3S/c1-17(2)15-27-20-9-7-6-8-19(20)25-24(27)31-16-23(28)26(3)13-12-18-10-11-21(29-4)22(14-18)30-5/h6-11,14,17H,12-13,15-16H2,1-5H3. The van der Waals surface area contributed by atoms with Crippen LogP contribution in [0.5, 0.6) is 11.5 Å². The minimum absolute atomic E-state index is 0.0913. The van der Waals surface area contributed by atoms with Crippen LogP contribution in [0.25, 0.3) is 11.0 Å². The predicted molar refractivity (Wildman–Crippen MR) is 126 cm³/mol. The van der Waals surface area contributed by atoms with Crippen LogP contribution < -0.4 is 9.47 Å². The number of amides is 1. The number of methoxy groups -OCH3 is 2. The van der Waals surface area contributed by atoms with Crippen LogP contribution in [-0.4, -0.2) is 53.9 Å². The Morgan fingerprint density at radius 2 is 1.87 bits per heavy atom. The Kier molecular flexibility index (Phi) is 7.85. The number of para-hydroxylation sites is 2. The average molecular weight is 442 g/mol. The van der Waals surface area contributed by atoms with E-state index in [4.69, 9.17) is 14.5 Å². The van der Waals surface area contributed by atoms with Crippen molar-refractivity contribution in [2.75, 3.05) is 33.6 Å². The van der Waals surface area contributed by atoms with Crippen LogP contribution in [0.15, 0.2) is 47.6 Å². The summed E-state index contributed by atoms with van der Waals surface area (Å²) in [5.74, 6) is 2.36. The molecule has 0 saturated carbocycles. The SMILES string of the molecule is COc1ccc(CCN(C)C(=O)CSc2nc3ccccc3n2CC(C)C)cc1OC. The molecule has 0 N–H and O–H groups in total. The number of imidazole rings is 1. The van der Waals surface area contributed by atoms with Gasteiger partial charge in [-0.1, -0.05) is 43.8 Å². The summed E-state index contributed by atoms with van der Waals surface area (Å²) in [7, 11) is 5.10. The molecule has 0 aliphatic carbocycles. The first-order valence-electron chi connectivity index (χ1n) is 10.5. The summed E-state index contributed by atoms with van der Waals surface area (Å²) < 4.78 is 12.9. The van der Waals surface area contributed by atoms with Crippen molar-refractivity contribution in [2.24, 2.45) is 5.92 Å². The molecule has 1 aromatic heterocycles. The largest absolute Gasteiger partial charge is 0.493 e. The lowest BCUT2D eigenvalue weighted by molar-refractivity contribution is -0.127. The summed E-state index contributed by atoms with van der Waals surface area (Å²) in [6.07, 6.45) is 0.749. The minimum atomic E-state index is 0.0913. The van der Waals surface area contributed by atoms with E-state index in [-0.39, 0.29) is 5.91 Å². The van der Waals surface area contributed by atoms with Crippen LogP contribution in [0, 0.1) is 5.92 Å². The van der Waals surface area contributed by atoms with Crippen molar-refractivity contribution in [1.29, 1.82) is 0 Å². The smallest absolute Gasteiger partial charge is 0.232 e. The highest BCUT2D eigenvalue weighted by Gasteiger charge is 2.16. The fourth-order valence-electron chi connectivity index (χ4n) is 3.40. The summed E-state index contributed by atoms with van der Waals surface area (Å²) in [6.45, 7) is 5.90. The summed E-state index contributed by atoms with van der Waals surface area (Å²) in [6, 6.07) is 14.0. The summed E-state index contributed by atoms with van der Waals surface area (Å²) in [5.41, 5.74) is 3.19. The lowest BCUT2D eigenvalue weighted by atomic mass is 10.1. The van der Waals surface area contributed by atoms with Gasteiger partial charge in [-0.05, 0) is 42.2 Å². The molecule has 3 rings (SSSR count). The Balaban J connectivity index is 1.60. The molecular formula is C24H31N3O3S. The number of aromatic nitrogens is 2. The number of carbonyl (C=O) groups is 1. The number of fused-ring (bicyclic) bond motifs is 1. The fourth-order valence-corrected chi connectivity index (χ4v) is 4.36. The third-order valence-corrected chi connectivity index (χ3v) is 6.06. The first kappa shape index (κ1) is 23.0. The fraction of sp³-hybridized carbons (Fsp3) is 0.417. The molecule has 0 atom stereocenters. The van der Waals surface area contributed by atoms with Gasteiger partial charge < -0.3 is 18.9 Å². The van der Waals surface area contributed by atoms with Gasteiger partial charge in [-0.3, -0.25) is 4.79 Å². The zero-order valence-corrected chi connectivity index (χ0v) is 19.7. The average Bonchev–Trinajstić information content (AvgIpc) is 3.12. The number of hydrogen-bond acceptors (Lipinski definition) is 5. The molecule has 0 unspecified atom stereocenters. The molecule has 0 aliphatic heterocycles. The molecule has 31 heavy (non-hydrogen) atoms. The van der Waals surface area contributed by atoms with Crippen molar-refractivity contribution in [3.63, 3.8) is 0 Å². The van der Waals surface area contributed by atoms with Crippen LogP contribution in [0.2, 0.25) is 0 Å². The van der Waals surface area contributed by atoms with Crippen molar-refractivity contribution in [1.82, 2.24) is 14.5 Å². The zero-order chi connectivity index (χ0) is 22.4. The number of benzene rings is 2. The van der Waals surface area contributed by atoms with Crippen LogP contribution in [0.3, 0.4) is 0 Å². The van der Waals surface area contributed by atoms with Gasteiger partial charge in [0, 0.05) is 20.1 Å². The molecule has 0 radical (unpaired) electrons. The lowest BCUT2D eigenvalue weighted by Crippen LogP contribution is -2.30. The van der Waals surface area contributed by atoms with E-state index in [1.807, 2.05) is 43.4 Å². The molecule has 0 bridgehead atoms. The number of nitrogens with zero attached hydrogens (tertiary/aromatic N) is 3. The maximum absolute atomic E-state index is 12.7. The van der Waals surface area contributed by atoms with Crippen molar-refractivity contribution < 1.29 is 14.3 Å². The summed E-state index contributed by atoms with van der Waals surface area (Å²) in [4.78, 5) is 19.3. The van der Waals surface area contributed by atoms with E-state index in [9.17, 15) is 4.79 Å². The van der Waals surface area contributed by atoms with Gasteiger partial charge in [0.15, 0.2) is 16.7 Å². The van der Waals surface area contributed by atoms with Crippen molar-refractivity contribution in [2.45, 2.75) is 32.0 Å². The monoisotopic (exact) mass is 441 g/mol. The molecule has 3 aromatic rings. The van der Waals surface area contributed by atoms with E-state index in [0.29, 0.717) is 29.7 Å². The molecule has 2 aromatic carbocycles. The van der Waals surface area contributed by atoms with Gasteiger partial charge in [0.1, 0.15) is 0 Å². The van der Waals surface area contributed by atoms with Gasteiger partial charge in [-0.15, -0.1) is 0 Å². The van der Waals surface area contributed by atoms with E-state index in [1.54, 1.807) is 19.1 Å². The van der Waals surface area contributed by atoms with E-state index < -0.39 is 0 Å². The second kappa shape index (κ2) is 10.6. The quantitative estimate of drug-likeness (QED) is 0.434. The van der Waals surface area contributed by atoms with E-state index in [0.717, 1.165) is 34.7 Å². The van der Waals surface area contributed by atoms with Crippen LogP contribution >= 0.6 is 11.8 Å². The van der Waals surface area contributed by atoms with Gasteiger partial charge >= 0.3 is 0 Å². The second-order valence-electron chi connectivity index (χ2n) is 7.93. The Bertz CT molecular complexity index is 1030. The Hall–Kier alpha value is -2.67. The van der Waals surface area contributed by atoms with Gasteiger partial charge in [0.25, 0.3) is 0 Å². The molecule has 1 amide bonds. The van der Waals surface area contributed by atoms with Crippen molar-refractivity contribution in [3.05, 3.63) is 48.0 Å². The first-order valence-corrected chi connectivity index (χ1v) is 11.4. The minimum Gasteiger partial charge on any atom is -0.493 e. The topological polar surface area (TPSA) is 56.6 Å². The Morgan fingerprint density at radius 3 is 2.58 bits per heavy atom. The second-order valence-corrected chi connectivity index (χ2v) is 8.87. The normalized spacial score (nSPS) is 11.2. The molecule has 0 aliphatic rings. The first-order chi connectivity index (χ1) is 14.9. The Labute approximate surface area is 188 Å². The number of thioether (sulfide) groups is 1. The number of carbonyl (C=O) groups excluding carboxylic acids is 1. The molecule has 6 nitrogen and oxygen atoms in total. The van der Waals surface area contributed by atoms with Crippen LogP contribution in [0.1, 0.15) is 19.4 Å². The third-order valence-electron chi connectivity index (χ3n) is 5.10. The number of hydrogen-bond donors (Lipinski definition) is 0.